The first-order chi connectivity index (χ1) is 10.1. The van der Waals surface area contributed by atoms with Crippen LogP contribution in [-0.4, -0.2) is 61.7 Å². The fourth-order valence-corrected chi connectivity index (χ4v) is 4.53. The van der Waals surface area contributed by atoms with Crippen molar-refractivity contribution in [3.63, 3.8) is 0 Å². The largest absolute Gasteiger partial charge is 0.313 e. The number of rotatable bonds is 6. The summed E-state index contributed by atoms with van der Waals surface area (Å²) in [5, 5.41) is 3.78. The molecule has 3 aliphatic rings. The molecule has 122 valence electrons. The van der Waals surface area contributed by atoms with E-state index in [9.17, 15) is 0 Å². The summed E-state index contributed by atoms with van der Waals surface area (Å²) in [4.78, 5) is 5.44. The van der Waals surface area contributed by atoms with Crippen LogP contribution in [0.25, 0.3) is 0 Å². The lowest BCUT2D eigenvalue weighted by atomic mass is 9.84. The second kappa shape index (κ2) is 6.55. The maximum absolute atomic E-state index is 3.78. The van der Waals surface area contributed by atoms with Gasteiger partial charge >= 0.3 is 0 Å². The Kier molecular flexibility index (Phi) is 4.92. The summed E-state index contributed by atoms with van der Waals surface area (Å²) in [6, 6.07) is 0.715. The number of hydrogen-bond acceptors (Lipinski definition) is 3. The minimum atomic E-state index is 0.481. The van der Waals surface area contributed by atoms with Gasteiger partial charge in [-0.3, -0.25) is 0 Å². The van der Waals surface area contributed by atoms with Gasteiger partial charge in [0, 0.05) is 45.3 Å². The Balaban J connectivity index is 1.45. The van der Waals surface area contributed by atoms with Crippen LogP contribution in [0.4, 0.5) is 0 Å². The molecule has 0 aromatic carbocycles. The minimum Gasteiger partial charge on any atom is -0.313 e. The summed E-state index contributed by atoms with van der Waals surface area (Å²) >= 11 is 0. The summed E-state index contributed by atoms with van der Waals surface area (Å²) < 4.78 is 0. The second-order valence-corrected chi connectivity index (χ2v) is 8.37. The monoisotopic (exact) mass is 293 g/mol. The zero-order valence-electron chi connectivity index (χ0n) is 14.4. The van der Waals surface area contributed by atoms with Crippen LogP contribution in [-0.2, 0) is 0 Å². The molecule has 0 amide bonds. The van der Waals surface area contributed by atoms with Crippen molar-refractivity contribution >= 4 is 0 Å². The van der Waals surface area contributed by atoms with E-state index in [0.29, 0.717) is 11.5 Å². The molecule has 2 unspecified atom stereocenters. The molecule has 1 aliphatic heterocycles. The molecule has 3 heteroatoms. The average Bonchev–Trinajstić information content (AvgIpc) is 3.22. The van der Waals surface area contributed by atoms with Gasteiger partial charge in [0.1, 0.15) is 0 Å². The molecule has 0 radical (unpaired) electrons. The molecule has 0 aromatic rings. The first kappa shape index (κ1) is 15.8. The Hall–Kier alpha value is -0.120. The van der Waals surface area contributed by atoms with Gasteiger partial charge in [0.05, 0.1) is 0 Å². The fourth-order valence-electron chi connectivity index (χ4n) is 4.53. The van der Waals surface area contributed by atoms with Gasteiger partial charge in [-0.15, -0.1) is 0 Å². The first-order valence-corrected chi connectivity index (χ1v) is 9.26. The van der Waals surface area contributed by atoms with Gasteiger partial charge in [-0.2, -0.15) is 0 Å². The van der Waals surface area contributed by atoms with E-state index in [0.717, 1.165) is 18.4 Å². The lowest BCUT2D eigenvalue weighted by Crippen LogP contribution is -2.51. The SMILES string of the molecule is CCNC1C(CN2CCN(CC3CC3)CC2)CCC1(C)C. The first-order valence-electron chi connectivity index (χ1n) is 9.26. The van der Waals surface area contributed by atoms with Gasteiger partial charge in [-0.25, -0.2) is 0 Å². The number of nitrogens with zero attached hydrogens (tertiary/aromatic N) is 2. The molecule has 2 saturated carbocycles. The van der Waals surface area contributed by atoms with E-state index in [4.69, 9.17) is 0 Å². The zero-order valence-corrected chi connectivity index (χ0v) is 14.4. The Morgan fingerprint density at radius 3 is 2.14 bits per heavy atom. The third kappa shape index (κ3) is 4.00. The summed E-state index contributed by atoms with van der Waals surface area (Å²) in [5.41, 5.74) is 0.481. The van der Waals surface area contributed by atoms with Crippen molar-refractivity contribution < 1.29 is 0 Å². The number of nitrogens with one attached hydrogen (secondary N) is 1. The lowest BCUT2D eigenvalue weighted by Gasteiger charge is -2.38. The zero-order chi connectivity index (χ0) is 14.9. The number of piperazine rings is 1. The van der Waals surface area contributed by atoms with Crippen molar-refractivity contribution in [1.82, 2.24) is 15.1 Å². The van der Waals surface area contributed by atoms with Gasteiger partial charge in [0.15, 0.2) is 0 Å². The van der Waals surface area contributed by atoms with Crippen molar-refractivity contribution in [1.29, 1.82) is 0 Å². The van der Waals surface area contributed by atoms with E-state index in [1.165, 1.54) is 65.0 Å². The highest BCUT2D eigenvalue weighted by Crippen LogP contribution is 2.41. The van der Waals surface area contributed by atoms with Crippen LogP contribution in [0.5, 0.6) is 0 Å². The van der Waals surface area contributed by atoms with Crippen LogP contribution in [0.1, 0.15) is 46.5 Å². The van der Waals surface area contributed by atoms with E-state index in [1.54, 1.807) is 0 Å². The van der Waals surface area contributed by atoms with Gasteiger partial charge in [-0.1, -0.05) is 20.8 Å². The smallest absolute Gasteiger partial charge is 0.0159 e. The summed E-state index contributed by atoms with van der Waals surface area (Å²) in [7, 11) is 0. The van der Waals surface area contributed by atoms with Gasteiger partial charge < -0.3 is 15.1 Å². The molecular formula is C18H35N3. The van der Waals surface area contributed by atoms with E-state index in [1.807, 2.05) is 0 Å². The Morgan fingerprint density at radius 2 is 1.57 bits per heavy atom. The molecule has 2 aliphatic carbocycles. The molecule has 2 atom stereocenters. The minimum absolute atomic E-state index is 0.481. The van der Waals surface area contributed by atoms with Crippen molar-refractivity contribution in [2.45, 2.75) is 52.5 Å². The summed E-state index contributed by atoms with van der Waals surface area (Å²) in [6.45, 7) is 16.2. The molecule has 3 rings (SSSR count). The van der Waals surface area contributed by atoms with E-state index in [-0.39, 0.29) is 0 Å². The third-order valence-electron chi connectivity index (χ3n) is 6.07. The highest BCUT2D eigenvalue weighted by atomic mass is 15.3. The van der Waals surface area contributed by atoms with Crippen LogP contribution in [0.3, 0.4) is 0 Å². The highest BCUT2D eigenvalue weighted by Gasteiger charge is 2.42. The fraction of sp³-hybridized carbons (Fsp3) is 1.00. The Morgan fingerprint density at radius 1 is 0.952 bits per heavy atom. The standard InChI is InChI=1S/C18H35N3/c1-4-19-17-16(7-8-18(17,2)3)14-21-11-9-20(10-12-21)13-15-5-6-15/h15-17,19H,4-14H2,1-3H3. The van der Waals surface area contributed by atoms with Crippen molar-refractivity contribution in [2.75, 3.05) is 45.8 Å². The molecule has 3 nitrogen and oxygen atoms in total. The topological polar surface area (TPSA) is 18.5 Å². The van der Waals surface area contributed by atoms with Crippen LogP contribution in [0, 0.1) is 17.3 Å². The maximum atomic E-state index is 3.78. The molecule has 1 saturated heterocycles. The normalized spacial score (nSPS) is 34.4. The summed E-state index contributed by atoms with van der Waals surface area (Å²) in [5.74, 6) is 1.90. The molecular weight excluding hydrogens is 258 g/mol. The second-order valence-electron chi connectivity index (χ2n) is 8.37. The Bertz CT molecular complexity index is 329. The number of hydrogen-bond donors (Lipinski definition) is 1. The predicted molar refractivity (Wildman–Crippen MR) is 89.6 cm³/mol. The van der Waals surface area contributed by atoms with Crippen molar-refractivity contribution in [3.8, 4) is 0 Å². The van der Waals surface area contributed by atoms with Crippen LogP contribution in [0.15, 0.2) is 0 Å². The van der Waals surface area contributed by atoms with E-state index < -0.39 is 0 Å². The molecule has 0 aromatic heterocycles. The third-order valence-corrected chi connectivity index (χ3v) is 6.07. The Labute approximate surface area is 131 Å². The van der Waals surface area contributed by atoms with Gasteiger partial charge in [-0.05, 0) is 49.5 Å². The van der Waals surface area contributed by atoms with Crippen molar-refractivity contribution in [3.05, 3.63) is 0 Å². The van der Waals surface area contributed by atoms with Gasteiger partial charge in [0.2, 0.25) is 0 Å². The molecule has 21 heavy (non-hydrogen) atoms. The highest BCUT2D eigenvalue weighted by molar-refractivity contribution is 4.97. The van der Waals surface area contributed by atoms with E-state index in [2.05, 4.69) is 35.9 Å². The quantitative estimate of drug-likeness (QED) is 0.811. The molecule has 0 spiro atoms. The van der Waals surface area contributed by atoms with E-state index >= 15 is 0 Å². The van der Waals surface area contributed by atoms with Crippen LogP contribution in [0.2, 0.25) is 0 Å². The predicted octanol–water partition coefficient (Wildman–Crippen LogP) is 2.43. The van der Waals surface area contributed by atoms with Crippen LogP contribution < -0.4 is 5.32 Å². The van der Waals surface area contributed by atoms with Crippen LogP contribution >= 0.6 is 0 Å². The molecule has 1 heterocycles. The van der Waals surface area contributed by atoms with Crippen molar-refractivity contribution in [2.24, 2.45) is 17.3 Å². The van der Waals surface area contributed by atoms with Gasteiger partial charge in [0.25, 0.3) is 0 Å². The molecule has 1 N–H and O–H groups in total. The maximum Gasteiger partial charge on any atom is 0.0159 e. The molecule has 3 fully saturated rings. The lowest BCUT2D eigenvalue weighted by molar-refractivity contribution is 0.105. The molecule has 0 bridgehead atoms. The summed E-state index contributed by atoms with van der Waals surface area (Å²) in [6.07, 6.45) is 5.77. The average molecular weight is 293 g/mol.